The Morgan fingerprint density at radius 3 is 2.53 bits per heavy atom. The van der Waals surface area contributed by atoms with Gasteiger partial charge in [-0.15, -0.1) is 0 Å². The lowest BCUT2D eigenvalue weighted by Crippen LogP contribution is -2.49. The zero-order valence-corrected chi connectivity index (χ0v) is 22.2. The molecule has 0 unspecified atom stereocenters. The normalized spacial score (nSPS) is 17.7. The van der Waals surface area contributed by atoms with Crippen molar-refractivity contribution in [2.24, 2.45) is 5.92 Å². The molecule has 0 bridgehead atoms. The highest BCUT2D eigenvalue weighted by molar-refractivity contribution is 5.94. The van der Waals surface area contributed by atoms with Crippen LogP contribution in [0.25, 0.3) is 22.2 Å². The molecule has 0 spiro atoms. The van der Waals surface area contributed by atoms with E-state index in [9.17, 15) is 14.9 Å². The van der Waals surface area contributed by atoms with Gasteiger partial charge in [-0.05, 0) is 57.7 Å². The maximum Gasteiger partial charge on any atom is 0.410 e. The fraction of sp³-hybridized carbons (Fsp3) is 0.519. The van der Waals surface area contributed by atoms with Gasteiger partial charge in [-0.1, -0.05) is 0 Å². The topological polar surface area (TPSA) is 121 Å². The van der Waals surface area contributed by atoms with Crippen molar-refractivity contribution in [2.75, 3.05) is 50.7 Å². The van der Waals surface area contributed by atoms with Gasteiger partial charge in [0.2, 0.25) is 0 Å². The second-order valence-electron chi connectivity index (χ2n) is 11.2. The number of aromatic amines is 1. The minimum absolute atomic E-state index is 0.0427. The first-order chi connectivity index (χ1) is 18.2. The number of H-pyrrole nitrogens is 1. The lowest BCUT2D eigenvalue weighted by molar-refractivity contribution is -0.384. The first-order valence-electron chi connectivity index (χ1n) is 13.2. The Balaban J connectivity index is 1.16. The zero-order chi connectivity index (χ0) is 26.9. The van der Waals surface area contributed by atoms with Gasteiger partial charge in [0.25, 0.3) is 5.69 Å². The first-order valence-corrected chi connectivity index (χ1v) is 13.2. The number of nitrogens with zero attached hydrogens (tertiary/aromatic N) is 6. The Bertz CT molecular complexity index is 1300. The lowest BCUT2D eigenvalue weighted by Gasteiger charge is -2.39. The molecule has 11 nitrogen and oxygen atoms in total. The minimum Gasteiger partial charge on any atom is -0.444 e. The van der Waals surface area contributed by atoms with Crippen LogP contribution in [0.5, 0.6) is 0 Å². The van der Waals surface area contributed by atoms with Gasteiger partial charge in [-0.2, -0.15) is 5.10 Å². The van der Waals surface area contributed by atoms with Crippen molar-refractivity contribution >= 4 is 28.5 Å². The maximum atomic E-state index is 12.3. The number of hydrogen-bond acceptors (Lipinski definition) is 8. The number of amides is 1. The van der Waals surface area contributed by atoms with Crippen LogP contribution in [0, 0.1) is 16.0 Å². The largest absolute Gasteiger partial charge is 0.444 e. The Kier molecular flexibility index (Phi) is 7.20. The SMILES string of the molecule is CC(C)(C)OC(=O)N1CCC(CN2CCN(c3cc(-c4n[nH]c5ccc([N+](=O)[O-])cc45)ccn3)CC2)CC1. The summed E-state index contributed by atoms with van der Waals surface area (Å²) >= 11 is 0. The number of benzene rings is 1. The van der Waals surface area contributed by atoms with Gasteiger partial charge < -0.3 is 14.5 Å². The summed E-state index contributed by atoms with van der Waals surface area (Å²) in [5, 5.41) is 19.4. The third-order valence-electron chi connectivity index (χ3n) is 7.26. The molecule has 0 saturated carbocycles. The van der Waals surface area contributed by atoms with Crippen LogP contribution in [0.4, 0.5) is 16.3 Å². The number of nitro benzene ring substituents is 1. The minimum atomic E-state index is -0.464. The fourth-order valence-corrected chi connectivity index (χ4v) is 5.22. The van der Waals surface area contributed by atoms with Crippen LogP contribution in [0.1, 0.15) is 33.6 Å². The van der Waals surface area contributed by atoms with Crippen LogP contribution < -0.4 is 4.90 Å². The number of aromatic nitrogens is 3. The number of fused-ring (bicyclic) bond motifs is 1. The molecule has 4 heterocycles. The highest BCUT2D eigenvalue weighted by Crippen LogP contribution is 2.31. The van der Waals surface area contributed by atoms with Crippen LogP contribution in [0.15, 0.2) is 36.5 Å². The summed E-state index contributed by atoms with van der Waals surface area (Å²) in [4.78, 5) is 34.4. The predicted octanol–water partition coefficient (Wildman–Crippen LogP) is 4.30. The van der Waals surface area contributed by atoms with Gasteiger partial charge in [-0.3, -0.25) is 20.1 Å². The number of carbonyl (C=O) groups is 1. The average Bonchev–Trinajstić information content (AvgIpc) is 3.32. The van der Waals surface area contributed by atoms with E-state index < -0.39 is 10.5 Å². The standard InChI is InChI=1S/C27H35N7O4/c1-27(2,3)38-26(35)33-10-7-19(8-11-33)18-31-12-14-32(15-13-31)24-16-20(6-9-28-24)25-22-17-21(34(36)37)4-5-23(22)29-30-25/h4-6,9,16-17,19H,7-8,10-15,18H2,1-3H3,(H,29,30). The summed E-state index contributed by atoms with van der Waals surface area (Å²) in [5.74, 6) is 1.47. The number of piperazine rings is 1. The zero-order valence-electron chi connectivity index (χ0n) is 22.2. The number of rotatable bonds is 5. The van der Waals surface area contributed by atoms with Gasteiger partial charge in [0.15, 0.2) is 0 Å². The molecule has 2 fully saturated rings. The Morgan fingerprint density at radius 2 is 1.84 bits per heavy atom. The van der Waals surface area contributed by atoms with Gasteiger partial charge in [0, 0.05) is 75.1 Å². The van der Waals surface area contributed by atoms with Gasteiger partial charge in [-0.25, -0.2) is 9.78 Å². The quantitative estimate of drug-likeness (QED) is 0.390. The number of carbonyl (C=O) groups excluding carboxylic acids is 1. The molecule has 0 atom stereocenters. The highest BCUT2D eigenvalue weighted by atomic mass is 16.6. The van der Waals surface area contributed by atoms with Crippen molar-refractivity contribution in [3.05, 3.63) is 46.6 Å². The fourth-order valence-electron chi connectivity index (χ4n) is 5.22. The number of nitro groups is 1. The van der Waals surface area contributed by atoms with E-state index >= 15 is 0 Å². The number of pyridine rings is 1. The van der Waals surface area contributed by atoms with Crippen molar-refractivity contribution in [3.63, 3.8) is 0 Å². The van der Waals surface area contributed by atoms with E-state index in [1.54, 1.807) is 18.3 Å². The van der Waals surface area contributed by atoms with Crippen LogP contribution in [0.2, 0.25) is 0 Å². The molecule has 1 amide bonds. The monoisotopic (exact) mass is 521 g/mol. The number of nitrogens with one attached hydrogen (secondary N) is 1. The van der Waals surface area contributed by atoms with Gasteiger partial charge >= 0.3 is 6.09 Å². The average molecular weight is 522 g/mol. The predicted molar refractivity (Wildman–Crippen MR) is 145 cm³/mol. The summed E-state index contributed by atoms with van der Waals surface area (Å²) in [6.45, 7) is 11.9. The third kappa shape index (κ3) is 5.88. The number of hydrogen-bond donors (Lipinski definition) is 1. The third-order valence-corrected chi connectivity index (χ3v) is 7.26. The molecule has 3 aromatic rings. The smallest absolute Gasteiger partial charge is 0.410 e. The molecule has 1 aromatic carbocycles. The van der Waals surface area contributed by atoms with Crippen molar-refractivity contribution in [1.29, 1.82) is 0 Å². The van der Waals surface area contributed by atoms with Crippen molar-refractivity contribution in [1.82, 2.24) is 25.0 Å². The number of non-ortho nitro benzene ring substituents is 1. The second kappa shape index (κ2) is 10.6. The Labute approximate surface area is 221 Å². The van der Waals surface area contributed by atoms with Crippen LogP contribution in [-0.2, 0) is 4.74 Å². The number of anilines is 1. The Hall–Kier alpha value is -3.73. The number of ether oxygens (including phenoxy) is 1. The van der Waals surface area contributed by atoms with Crippen LogP contribution >= 0.6 is 0 Å². The van der Waals surface area contributed by atoms with E-state index in [2.05, 4.69) is 25.0 Å². The molecule has 2 aliphatic rings. The molecule has 2 saturated heterocycles. The van der Waals surface area contributed by atoms with E-state index in [1.807, 2.05) is 37.8 Å². The van der Waals surface area contributed by atoms with E-state index in [0.29, 0.717) is 11.6 Å². The second-order valence-corrected chi connectivity index (χ2v) is 11.2. The first kappa shape index (κ1) is 25.9. The maximum absolute atomic E-state index is 12.3. The molecule has 0 aliphatic carbocycles. The summed E-state index contributed by atoms with van der Waals surface area (Å²) in [6, 6.07) is 8.62. The highest BCUT2D eigenvalue weighted by Gasteiger charge is 2.29. The molecule has 2 aliphatic heterocycles. The molecular formula is C27H35N7O4. The van der Waals surface area contributed by atoms with Crippen LogP contribution in [-0.4, -0.2) is 87.4 Å². The van der Waals surface area contributed by atoms with Gasteiger partial charge in [0.05, 0.1) is 10.4 Å². The van der Waals surface area contributed by atoms with Crippen molar-refractivity contribution in [3.8, 4) is 11.3 Å². The molecule has 38 heavy (non-hydrogen) atoms. The number of piperidine rings is 1. The van der Waals surface area contributed by atoms with E-state index in [1.165, 1.54) is 6.07 Å². The van der Waals surface area contributed by atoms with Crippen molar-refractivity contribution < 1.29 is 14.5 Å². The van der Waals surface area contributed by atoms with E-state index in [-0.39, 0.29) is 11.8 Å². The lowest BCUT2D eigenvalue weighted by atomic mass is 9.96. The van der Waals surface area contributed by atoms with Crippen molar-refractivity contribution in [2.45, 2.75) is 39.2 Å². The summed E-state index contributed by atoms with van der Waals surface area (Å²) in [5.41, 5.74) is 1.90. The van der Waals surface area contributed by atoms with E-state index in [4.69, 9.17) is 4.74 Å². The molecule has 0 radical (unpaired) electrons. The summed E-state index contributed by atoms with van der Waals surface area (Å²) in [6.07, 6.45) is 3.56. The molecule has 1 N–H and O–H groups in total. The molecule has 202 valence electrons. The van der Waals surface area contributed by atoms with Crippen LogP contribution in [0.3, 0.4) is 0 Å². The molecule has 5 rings (SSSR count). The summed E-state index contributed by atoms with van der Waals surface area (Å²) in [7, 11) is 0. The molecule has 11 heteroatoms. The van der Waals surface area contributed by atoms with E-state index in [0.717, 1.165) is 80.9 Å². The summed E-state index contributed by atoms with van der Waals surface area (Å²) < 4.78 is 5.52. The number of likely N-dealkylation sites (tertiary alicyclic amines) is 1. The molecule has 2 aromatic heterocycles. The molecular weight excluding hydrogens is 486 g/mol. The Morgan fingerprint density at radius 1 is 1.11 bits per heavy atom. The van der Waals surface area contributed by atoms with Gasteiger partial charge in [0.1, 0.15) is 17.1 Å².